The molecule has 220 valence electrons. The molecule has 11 heteroatoms. The lowest BCUT2D eigenvalue weighted by Gasteiger charge is -2.49. The van der Waals surface area contributed by atoms with Gasteiger partial charge in [0.2, 0.25) is 18.5 Å². The molecule has 0 aliphatic carbocycles. The first-order chi connectivity index (χ1) is 20.3. The molecule has 11 nitrogen and oxygen atoms in total. The summed E-state index contributed by atoms with van der Waals surface area (Å²) >= 11 is 0. The number of ether oxygens (including phenoxy) is 5. The van der Waals surface area contributed by atoms with Crippen molar-refractivity contribution in [2.45, 2.75) is 56.9 Å². The third kappa shape index (κ3) is 6.77. The monoisotopic (exact) mass is 577 g/mol. The van der Waals surface area contributed by atoms with E-state index in [4.69, 9.17) is 28.1 Å². The molecule has 5 rings (SSSR count). The molecule has 3 heterocycles. The third-order valence-corrected chi connectivity index (χ3v) is 6.82. The van der Waals surface area contributed by atoms with Crippen molar-refractivity contribution in [3.8, 4) is 5.75 Å². The Morgan fingerprint density at radius 1 is 1.02 bits per heavy atom. The minimum atomic E-state index is -1.25. The van der Waals surface area contributed by atoms with E-state index in [1.54, 1.807) is 42.5 Å². The van der Waals surface area contributed by atoms with Crippen LogP contribution >= 0.6 is 0 Å². The van der Waals surface area contributed by atoms with Gasteiger partial charge >= 0.3 is 5.97 Å². The normalized spacial score (nSPS) is 26.2. The molecule has 1 aromatic heterocycles. The van der Waals surface area contributed by atoms with Gasteiger partial charge in [-0.2, -0.15) is 0 Å². The number of aliphatic carboxylic acids is 1. The summed E-state index contributed by atoms with van der Waals surface area (Å²) in [5.41, 5.74) is 1.12. The number of furan rings is 1. The van der Waals surface area contributed by atoms with Crippen LogP contribution < -0.4 is 10.1 Å². The highest BCUT2D eigenvalue weighted by Crippen LogP contribution is 2.37. The van der Waals surface area contributed by atoms with Gasteiger partial charge in [-0.1, -0.05) is 48.5 Å². The van der Waals surface area contributed by atoms with Crippen molar-refractivity contribution in [1.82, 2.24) is 5.32 Å². The number of nitrogens with one attached hydrogen (secondary N) is 1. The van der Waals surface area contributed by atoms with Crippen LogP contribution in [0.4, 0.5) is 0 Å². The smallest absolute Gasteiger partial charge is 0.332 e. The molecule has 0 spiro atoms. The predicted molar refractivity (Wildman–Crippen MR) is 147 cm³/mol. The van der Waals surface area contributed by atoms with Gasteiger partial charge in [0.1, 0.15) is 30.1 Å². The number of hydrogen-bond acceptors (Lipinski definition) is 9. The Hall–Kier alpha value is -4.29. The average molecular weight is 578 g/mol. The van der Waals surface area contributed by atoms with Crippen LogP contribution in [0.5, 0.6) is 5.75 Å². The standard InChI is InChI=1S/C31H31NO10/c1-18(29(35)36)39-28-26(32-19(2)33)31(41-25-17-38-30(42-27(25)28)24-13-8-16-37-24)40-23-12-7-6-11-21(23)22(34)15-14-20-9-4-3-5-10-20/h3-16,18,25-28,30-31H,17H2,1-2H3,(H,32,33)(H,35,36)/b15-14+. The number of para-hydroxylation sites is 1. The fourth-order valence-corrected chi connectivity index (χ4v) is 4.81. The van der Waals surface area contributed by atoms with Gasteiger partial charge in [0.05, 0.1) is 18.4 Å². The minimum Gasteiger partial charge on any atom is -0.479 e. The van der Waals surface area contributed by atoms with Crippen molar-refractivity contribution in [2.75, 3.05) is 6.61 Å². The van der Waals surface area contributed by atoms with Crippen molar-refractivity contribution < 1.29 is 47.6 Å². The Bertz CT molecular complexity index is 1410. The fraction of sp³-hybridized carbons (Fsp3) is 0.323. The van der Waals surface area contributed by atoms with Crippen LogP contribution in [0.3, 0.4) is 0 Å². The second-order valence-electron chi connectivity index (χ2n) is 9.85. The molecule has 2 aliphatic rings. The number of allylic oxidation sites excluding steroid dienone is 1. The molecule has 0 saturated carbocycles. The van der Waals surface area contributed by atoms with Gasteiger partial charge in [0.25, 0.3) is 0 Å². The number of benzene rings is 2. The minimum absolute atomic E-state index is 0.0321. The maximum Gasteiger partial charge on any atom is 0.332 e. The number of carboxylic acids is 1. The van der Waals surface area contributed by atoms with Crippen LogP contribution in [-0.4, -0.2) is 66.1 Å². The Kier molecular flexibility index (Phi) is 9.13. The predicted octanol–water partition coefficient (Wildman–Crippen LogP) is 3.76. The van der Waals surface area contributed by atoms with Crippen molar-refractivity contribution in [2.24, 2.45) is 0 Å². The quantitative estimate of drug-likeness (QED) is 0.270. The number of ketones is 1. The molecule has 3 aromatic rings. The Balaban J connectivity index is 1.44. The number of carboxylic acid groups (broad SMARTS) is 1. The molecule has 2 saturated heterocycles. The van der Waals surface area contributed by atoms with Crippen molar-refractivity contribution >= 4 is 23.7 Å². The van der Waals surface area contributed by atoms with Crippen LogP contribution in [-0.2, 0) is 28.5 Å². The molecule has 7 atom stereocenters. The highest BCUT2D eigenvalue weighted by atomic mass is 16.8. The van der Waals surface area contributed by atoms with E-state index in [9.17, 15) is 19.5 Å². The summed E-state index contributed by atoms with van der Waals surface area (Å²) in [4.78, 5) is 37.3. The van der Waals surface area contributed by atoms with Gasteiger partial charge in [-0.15, -0.1) is 0 Å². The second-order valence-corrected chi connectivity index (χ2v) is 9.85. The summed E-state index contributed by atoms with van der Waals surface area (Å²) < 4.78 is 35.8. The lowest BCUT2D eigenvalue weighted by Crippen LogP contribution is -2.68. The fourth-order valence-electron chi connectivity index (χ4n) is 4.81. The molecular formula is C31H31NO10. The number of rotatable bonds is 10. The zero-order valence-corrected chi connectivity index (χ0v) is 23.0. The molecule has 2 N–H and O–H groups in total. The van der Waals surface area contributed by atoms with E-state index in [-0.39, 0.29) is 23.7 Å². The van der Waals surface area contributed by atoms with Gasteiger partial charge < -0.3 is 38.5 Å². The van der Waals surface area contributed by atoms with E-state index < -0.39 is 54.9 Å². The maximum atomic E-state index is 13.2. The van der Waals surface area contributed by atoms with E-state index in [1.165, 1.54) is 26.2 Å². The van der Waals surface area contributed by atoms with Crippen molar-refractivity contribution in [3.05, 3.63) is 96.0 Å². The lowest BCUT2D eigenvalue weighted by atomic mass is 9.95. The summed E-state index contributed by atoms with van der Waals surface area (Å²) in [5.74, 6) is -1.33. The topological polar surface area (TPSA) is 143 Å². The highest BCUT2D eigenvalue weighted by molar-refractivity contribution is 6.08. The molecule has 7 unspecified atom stereocenters. The van der Waals surface area contributed by atoms with E-state index in [1.807, 2.05) is 30.3 Å². The maximum absolute atomic E-state index is 13.2. The SMILES string of the molecule is CC(=O)NC1C(Oc2ccccc2C(=O)/C=C/c2ccccc2)OC2COC(c3ccco3)OC2C1OC(C)C(=O)O. The van der Waals surface area contributed by atoms with Crippen LogP contribution in [0.1, 0.15) is 41.8 Å². The van der Waals surface area contributed by atoms with E-state index in [0.29, 0.717) is 5.76 Å². The van der Waals surface area contributed by atoms with E-state index >= 15 is 0 Å². The van der Waals surface area contributed by atoms with Crippen LogP contribution in [0, 0.1) is 0 Å². The van der Waals surface area contributed by atoms with Gasteiger partial charge in [0.15, 0.2) is 17.6 Å². The molecule has 1 amide bonds. The Morgan fingerprint density at radius 2 is 1.79 bits per heavy atom. The molecule has 2 aliphatic heterocycles. The highest BCUT2D eigenvalue weighted by Gasteiger charge is 2.53. The zero-order valence-electron chi connectivity index (χ0n) is 23.0. The molecule has 0 radical (unpaired) electrons. The molecule has 42 heavy (non-hydrogen) atoms. The van der Waals surface area contributed by atoms with Crippen LogP contribution in [0.25, 0.3) is 6.08 Å². The summed E-state index contributed by atoms with van der Waals surface area (Å²) in [7, 11) is 0. The van der Waals surface area contributed by atoms with Gasteiger partial charge in [0, 0.05) is 6.92 Å². The van der Waals surface area contributed by atoms with Gasteiger partial charge in [-0.3, -0.25) is 9.59 Å². The number of carbonyl (C=O) groups excluding carboxylic acids is 2. The van der Waals surface area contributed by atoms with Crippen LogP contribution in [0.15, 0.2) is 83.5 Å². The van der Waals surface area contributed by atoms with Crippen molar-refractivity contribution in [1.29, 1.82) is 0 Å². The van der Waals surface area contributed by atoms with E-state index in [0.717, 1.165) is 5.56 Å². The van der Waals surface area contributed by atoms with Crippen molar-refractivity contribution in [3.63, 3.8) is 0 Å². The Morgan fingerprint density at radius 3 is 2.50 bits per heavy atom. The second kappa shape index (κ2) is 13.1. The largest absolute Gasteiger partial charge is 0.479 e. The summed E-state index contributed by atoms with van der Waals surface area (Å²) in [6.07, 6.45) is -1.40. The number of hydrogen-bond donors (Lipinski definition) is 2. The van der Waals surface area contributed by atoms with Crippen LogP contribution in [0.2, 0.25) is 0 Å². The molecular weight excluding hydrogens is 546 g/mol. The lowest BCUT2D eigenvalue weighted by molar-refractivity contribution is -0.343. The number of amides is 1. The summed E-state index contributed by atoms with van der Waals surface area (Å²) in [6, 6.07) is 18.4. The molecule has 2 fully saturated rings. The molecule has 2 aromatic carbocycles. The number of fused-ring (bicyclic) bond motifs is 1. The summed E-state index contributed by atoms with van der Waals surface area (Å²) in [5, 5.41) is 12.4. The summed E-state index contributed by atoms with van der Waals surface area (Å²) in [6.45, 7) is 2.72. The zero-order chi connectivity index (χ0) is 29.6. The first-order valence-electron chi connectivity index (χ1n) is 13.4. The first-order valence-corrected chi connectivity index (χ1v) is 13.4. The van der Waals surface area contributed by atoms with E-state index in [2.05, 4.69) is 5.32 Å². The molecule has 0 bridgehead atoms. The first kappa shape index (κ1) is 29.2. The number of carbonyl (C=O) groups is 3. The third-order valence-electron chi connectivity index (χ3n) is 6.82. The van der Waals surface area contributed by atoms with Gasteiger partial charge in [-0.05, 0) is 42.8 Å². The Labute approximate surface area is 242 Å². The van der Waals surface area contributed by atoms with Gasteiger partial charge in [-0.25, -0.2) is 4.79 Å². The average Bonchev–Trinajstić information content (AvgIpc) is 3.53.